The molecule has 0 atom stereocenters. The van der Waals surface area contributed by atoms with E-state index in [1.54, 1.807) is 36.4 Å². The summed E-state index contributed by atoms with van der Waals surface area (Å²) in [5.74, 6) is -0.555. The van der Waals surface area contributed by atoms with E-state index >= 15 is 0 Å². The lowest BCUT2D eigenvalue weighted by Gasteiger charge is -2.21. The van der Waals surface area contributed by atoms with Crippen molar-refractivity contribution in [2.45, 2.75) is 0 Å². The van der Waals surface area contributed by atoms with Crippen LogP contribution in [0.15, 0.2) is 70.2 Å². The number of amides is 1. The maximum absolute atomic E-state index is 13.6. The monoisotopic (exact) mass is 551 g/mol. The number of furan rings is 1. The molecule has 0 saturated heterocycles. The summed E-state index contributed by atoms with van der Waals surface area (Å²) in [6.45, 7) is -0.0144. The van der Waals surface area contributed by atoms with E-state index in [4.69, 9.17) is 10.2 Å². The molecule has 0 aliphatic rings. The molecule has 4 aromatic rings. The fraction of sp³-hybridized carbons (Fsp3) is 0.148. The minimum Gasteiger partial charge on any atom is -0.455 e. The Labute approximate surface area is 224 Å². The van der Waals surface area contributed by atoms with Crippen LogP contribution in [-0.2, 0) is 14.8 Å². The summed E-state index contributed by atoms with van der Waals surface area (Å²) >= 11 is 0. The molecule has 0 aliphatic heterocycles. The number of amidine groups is 1. The van der Waals surface area contributed by atoms with Crippen LogP contribution >= 0.6 is 0 Å². The van der Waals surface area contributed by atoms with Gasteiger partial charge in [0.2, 0.25) is 10.0 Å². The van der Waals surface area contributed by atoms with E-state index in [2.05, 4.69) is 15.8 Å². The number of carbonyl (C=O) groups excluding carboxylic acids is 2. The first-order valence-electron chi connectivity index (χ1n) is 11.7. The van der Waals surface area contributed by atoms with Crippen LogP contribution in [0.4, 0.5) is 10.1 Å². The first kappa shape index (κ1) is 27.3. The summed E-state index contributed by atoms with van der Waals surface area (Å²) in [6, 6.07) is 15.6. The third kappa shape index (κ3) is 5.60. The topological polar surface area (TPSA) is 147 Å². The molecule has 202 valence electrons. The van der Waals surface area contributed by atoms with Gasteiger partial charge in [-0.2, -0.15) is 5.10 Å². The van der Waals surface area contributed by atoms with Crippen LogP contribution in [-0.4, -0.2) is 53.3 Å². The van der Waals surface area contributed by atoms with E-state index in [-0.39, 0.29) is 29.3 Å². The number of rotatable bonds is 9. The Hall–Kier alpha value is -4.71. The zero-order valence-corrected chi connectivity index (χ0v) is 22.2. The molecule has 12 heteroatoms. The summed E-state index contributed by atoms with van der Waals surface area (Å²) in [5, 5.41) is 7.00. The molecule has 0 unspecified atom stereocenters. The number of nitrogens with one attached hydrogen (secondary N) is 2. The van der Waals surface area contributed by atoms with Gasteiger partial charge < -0.3 is 25.7 Å². The van der Waals surface area contributed by atoms with Gasteiger partial charge in [-0.1, -0.05) is 18.2 Å². The minimum atomic E-state index is -3.70. The largest absolute Gasteiger partial charge is 0.455 e. The van der Waals surface area contributed by atoms with Gasteiger partial charge in [-0.3, -0.25) is 9.10 Å². The highest BCUT2D eigenvalue weighted by Crippen LogP contribution is 2.41. The Balaban J connectivity index is 2.01. The Morgan fingerprint density at radius 3 is 2.49 bits per heavy atom. The van der Waals surface area contributed by atoms with Gasteiger partial charge in [-0.05, 0) is 42.0 Å². The molecule has 39 heavy (non-hydrogen) atoms. The molecule has 1 heterocycles. The minimum absolute atomic E-state index is 0.0144. The molecule has 3 aromatic carbocycles. The van der Waals surface area contributed by atoms with Crippen molar-refractivity contribution >= 4 is 44.7 Å². The molecule has 4 N–H and O–H groups in total. The van der Waals surface area contributed by atoms with Gasteiger partial charge in [0.15, 0.2) is 5.84 Å². The molecule has 10 nitrogen and oxygen atoms in total. The van der Waals surface area contributed by atoms with Crippen LogP contribution in [0.5, 0.6) is 0 Å². The second-order valence-corrected chi connectivity index (χ2v) is 10.6. The first-order chi connectivity index (χ1) is 18.5. The van der Waals surface area contributed by atoms with Crippen molar-refractivity contribution in [3.63, 3.8) is 0 Å². The van der Waals surface area contributed by atoms with Crippen molar-refractivity contribution in [1.82, 2.24) is 10.7 Å². The predicted molar refractivity (Wildman–Crippen MR) is 148 cm³/mol. The lowest BCUT2D eigenvalue weighted by molar-refractivity contribution is -0.107. The molecular weight excluding hydrogens is 525 g/mol. The van der Waals surface area contributed by atoms with Gasteiger partial charge in [0.05, 0.1) is 24.1 Å². The fourth-order valence-corrected chi connectivity index (χ4v) is 4.54. The molecule has 0 bridgehead atoms. The Morgan fingerprint density at radius 1 is 1.13 bits per heavy atom. The summed E-state index contributed by atoms with van der Waals surface area (Å²) < 4.78 is 45.9. The lowest BCUT2D eigenvalue weighted by atomic mass is 9.97. The summed E-state index contributed by atoms with van der Waals surface area (Å²) in [4.78, 5) is 23.6. The number of aldehydes is 1. The van der Waals surface area contributed by atoms with Crippen LogP contribution in [0.2, 0.25) is 0 Å². The SMILES string of the molecule is CNC(=O)c1c(-c2ccc(F)cc2)oc2cc(N(C)S(C)(=O)=O)c(-c3cccc(/C(N)=N/NCC=O)c3)cc12. The number of anilines is 1. The Bertz CT molecular complexity index is 1700. The fourth-order valence-electron chi connectivity index (χ4n) is 4.04. The van der Waals surface area contributed by atoms with Crippen LogP contribution < -0.4 is 20.8 Å². The number of nitrogens with two attached hydrogens (primary N) is 1. The van der Waals surface area contributed by atoms with E-state index < -0.39 is 21.7 Å². The Morgan fingerprint density at radius 2 is 1.85 bits per heavy atom. The van der Waals surface area contributed by atoms with Crippen LogP contribution in [0.3, 0.4) is 0 Å². The zero-order chi connectivity index (χ0) is 28.3. The van der Waals surface area contributed by atoms with E-state index in [9.17, 15) is 22.4 Å². The van der Waals surface area contributed by atoms with Crippen molar-refractivity contribution in [3.05, 3.63) is 77.6 Å². The maximum Gasteiger partial charge on any atom is 0.255 e. The van der Waals surface area contributed by atoms with E-state index in [1.807, 2.05) is 0 Å². The number of sulfonamides is 1. The second kappa shape index (κ2) is 11.0. The number of benzene rings is 3. The van der Waals surface area contributed by atoms with E-state index in [1.165, 1.54) is 38.4 Å². The number of hydrogen-bond acceptors (Lipinski definition) is 7. The third-order valence-electron chi connectivity index (χ3n) is 6.05. The second-order valence-electron chi connectivity index (χ2n) is 8.59. The molecule has 1 amide bonds. The van der Waals surface area contributed by atoms with Crippen molar-refractivity contribution in [2.24, 2.45) is 10.8 Å². The molecule has 4 rings (SSSR count). The highest BCUT2D eigenvalue weighted by atomic mass is 32.2. The molecule has 0 fully saturated rings. The third-order valence-corrected chi connectivity index (χ3v) is 7.24. The average Bonchev–Trinajstić information content (AvgIpc) is 3.30. The lowest BCUT2D eigenvalue weighted by Crippen LogP contribution is -2.25. The molecule has 0 radical (unpaired) electrons. The number of hydrogen-bond donors (Lipinski definition) is 3. The van der Waals surface area contributed by atoms with Crippen molar-refractivity contribution in [2.75, 3.05) is 31.2 Å². The average molecular weight is 552 g/mol. The molecule has 0 spiro atoms. The quantitative estimate of drug-likeness (QED) is 0.0952. The van der Waals surface area contributed by atoms with Gasteiger partial charge in [-0.25, -0.2) is 12.8 Å². The van der Waals surface area contributed by atoms with E-state index in [0.717, 1.165) is 10.6 Å². The normalized spacial score (nSPS) is 11.8. The smallest absolute Gasteiger partial charge is 0.255 e. The van der Waals surface area contributed by atoms with Crippen molar-refractivity contribution in [3.8, 4) is 22.5 Å². The number of fused-ring (bicyclic) bond motifs is 1. The number of hydrazone groups is 1. The zero-order valence-electron chi connectivity index (χ0n) is 21.4. The van der Waals surface area contributed by atoms with Crippen LogP contribution in [0.25, 0.3) is 33.4 Å². The number of halogens is 1. The predicted octanol–water partition coefficient (Wildman–Crippen LogP) is 3.07. The summed E-state index contributed by atoms with van der Waals surface area (Å²) in [6.07, 6.45) is 1.72. The molecule has 0 aliphatic carbocycles. The first-order valence-corrected chi connectivity index (χ1v) is 13.5. The maximum atomic E-state index is 13.6. The van der Waals surface area contributed by atoms with Gasteiger partial charge in [0.25, 0.3) is 5.91 Å². The van der Waals surface area contributed by atoms with Crippen molar-refractivity contribution in [1.29, 1.82) is 0 Å². The molecule has 0 saturated carbocycles. The van der Waals surface area contributed by atoms with E-state index in [0.29, 0.717) is 39.6 Å². The molecule has 1 aromatic heterocycles. The van der Waals surface area contributed by atoms with Crippen molar-refractivity contribution < 1.29 is 26.8 Å². The summed E-state index contributed by atoms with van der Waals surface area (Å²) in [7, 11) is -0.810. The summed E-state index contributed by atoms with van der Waals surface area (Å²) in [5.41, 5.74) is 11.4. The van der Waals surface area contributed by atoms with Gasteiger partial charge in [0, 0.05) is 42.2 Å². The van der Waals surface area contributed by atoms with Crippen LogP contribution in [0, 0.1) is 5.82 Å². The Kier molecular flexibility index (Phi) is 7.68. The van der Waals surface area contributed by atoms with Gasteiger partial charge in [0.1, 0.15) is 23.4 Å². The number of carbonyl (C=O) groups is 2. The highest BCUT2D eigenvalue weighted by Gasteiger charge is 2.26. The van der Waals surface area contributed by atoms with Crippen LogP contribution in [0.1, 0.15) is 15.9 Å². The number of nitrogens with zero attached hydrogens (tertiary/aromatic N) is 2. The molecular formula is C27H26FN5O5S. The van der Waals surface area contributed by atoms with Gasteiger partial charge >= 0.3 is 0 Å². The highest BCUT2D eigenvalue weighted by molar-refractivity contribution is 7.92. The van der Waals surface area contributed by atoms with Gasteiger partial charge in [-0.15, -0.1) is 0 Å². The standard InChI is InChI=1S/C27H26FN5O5S/c1-30-27(35)24-21-14-20(17-5-4-6-18(13-17)26(29)32-31-11-12-34)22(33(2)39(3,36)37)15-23(21)38-25(24)16-7-9-19(28)10-8-16/h4-10,12-15,31H,11H2,1-3H3,(H2,29,32)(H,30,35).